The van der Waals surface area contributed by atoms with Gasteiger partial charge < -0.3 is 39.5 Å². The largest absolute Gasteiger partial charge is 0.494 e. The number of carbonyl (C=O) groups excluding carboxylic acids is 4. The number of likely N-dealkylation sites (N-methyl/N-ethyl adjacent to an activating group) is 2. The maximum Gasteiger partial charge on any atom is 0.304 e. The number of non-ortho nitro benzene ring substituents is 3. The number of methoxy groups -OCH3 is 1. The molecule has 472 valence electrons. The number of amides is 2. The third-order valence-electron chi connectivity index (χ3n) is 11.6. The molecule has 0 spiro atoms. The van der Waals surface area contributed by atoms with Crippen LogP contribution in [0.2, 0.25) is 15.1 Å². The number of benzene rings is 6. The molecule has 6 rings (SSSR count). The highest BCUT2D eigenvalue weighted by atomic mass is 79.9. The molecule has 0 aliphatic rings. The molecule has 6 aromatic rings. The number of azo groups is 3. The number of nitrogens with one attached hydrogen (secondary N) is 2. The van der Waals surface area contributed by atoms with E-state index in [1.165, 1.54) is 71.2 Å². The molecule has 0 saturated heterocycles. The van der Waals surface area contributed by atoms with Crippen LogP contribution in [0.15, 0.2) is 132 Å². The van der Waals surface area contributed by atoms with Gasteiger partial charge >= 0.3 is 17.6 Å². The minimum absolute atomic E-state index is 0.0167. The zero-order valence-corrected chi connectivity index (χ0v) is 52.7. The second kappa shape index (κ2) is 34.8. The quantitative estimate of drug-likeness (QED) is 0.0246. The van der Waals surface area contributed by atoms with Gasteiger partial charge in [-0.1, -0.05) is 34.8 Å². The maximum absolute atomic E-state index is 11.8. The number of carbonyl (C=O) groups is 4. The first-order valence-corrected chi connectivity index (χ1v) is 27.7. The first-order valence-electron chi connectivity index (χ1n) is 25.8. The van der Waals surface area contributed by atoms with Crippen LogP contribution in [0.4, 0.5) is 85.3 Å². The molecular weight excluding hydrogens is 1310 g/mol. The molecule has 35 heteroatoms. The van der Waals surface area contributed by atoms with Crippen LogP contribution < -0.4 is 30.1 Å². The fourth-order valence-corrected chi connectivity index (χ4v) is 8.51. The van der Waals surface area contributed by atoms with Crippen LogP contribution >= 0.6 is 50.7 Å². The summed E-state index contributed by atoms with van der Waals surface area (Å²) in [4.78, 5) is 92.2. The predicted octanol–water partition coefficient (Wildman–Crippen LogP) is 14.9. The van der Waals surface area contributed by atoms with Gasteiger partial charge in [-0.2, -0.15) is 10.4 Å². The number of anilines is 5. The fraction of sp³-hybridized carbons (Fsp3) is 0.255. The highest BCUT2D eigenvalue weighted by Crippen LogP contribution is 2.44. The number of esters is 2. The maximum atomic E-state index is 11.8. The Balaban J connectivity index is 0.000000292. The first-order chi connectivity index (χ1) is 42.5. The van der Waals surface area contributed by atoms with Crippen molar-refractivity contribution in [3.05, 3.63) is 157 Å². The first kappa shape index (κ1) is 72.1. The lowest BCUT2D eigenvalue weighted by atomic mass is 10.2. The van der Waals surface area contributed by atoms with E-state index in [4.69, 9.17) is 54.3 Å². The number of nitriles is 1. The monoisotopic (exact) mass is 1360 g/mol. The number of nitrogens with zero attached hydrogens (tertiary/aromatic N) is 14. The van der Waals surface area contributed by atoms with E-state index in [-0.39, 0.29) is 84.4 Å². The average Bonchev–Trinajstić information content (AvgIpc) is 0.961. The third-order valence-corrected chi connectivity index (χ3v) is 13.1. The highest BCUT2D eigenvalue weighted by Gasteiger charge is 2.25. The average molecular weight is 1370 g/mol. The number of halogens is 4. The van der Waals surface area contributed by atoms with Gasteiger partial charge in [-0.15, -0.1) is 25.6 Å². The lowest BCUT2D eigenvalue weighted by Gasteiger charge is -2.23. The molecule has 0 heterocycles. The van der Waals surface area contributed by atoms with Crippen molar-refractivity contribution in [2.45, 2.75) is 34.1 Å². The lowest BCUT2D eigenvalue weighted by molar-refractivity contribution is -0.393. The number of rotatable bonds is 24. The van der Waals surface area contributed by atoms with Crippen LogP contribution in [0, 0.1) is 51.8 Å². The van der Waals surface area contributed by atoms with Gasteiger partial charge in [0.2, 0.25) is 11.8 Å². The third kappa shape index (κ3) is 22.4. The van der Waals surface area contributed by atoms with Crippen molar-refractivity contribution in [1.29, 1.82) is 5.26 Å². The Morgan fingerprint density at radius 3 is 1.57 bits per heavy atom. The number of ether oxygens (including phenoxy) is 3. The second-order valence-electron chi connectivity index (χ2n) is 18.3. The molecule has 2 N–H and O–H groups in total. The molecule has 0 unspecified atom stereocenters. The second-order valence-corrected chi connectivity index (χ2v) is 20.4. The van der Waals surface area contributed by atoms with Crippen molar-refractivity contribution in [2.24, 2.45) is 30.7 Å². The summed E-state index contributed by atoms with van der Waals surface area (Å²) in [5.74, 6) is -1.16. The van der Waals surface area contributed by atoms with E-state index in [1.807, 2.05) is 36.0 Å². The zero-order chi connectivity index (χ0) is 66.9. The molecule has 0 aromatic heterocycles. The van der Waals surface area contributed by atoms with Gasteiger partial charge in [-0.3, -0.25) is 59.6 Å². The van der Waals surface area contributed by atoms with Crippen molar-refractivity contribution in [3.8, 4) is 11.8 Å². The summed E-state index contributed by atoms with van der Waals surface area (Å²) >= 11 is 21.1. The standard InChI is InChI=1S/C20H21BrN6O8.C19H20ClN5O5.C16H13Cl2N5O2/c1-11(28)22-15-9-17(25(3)5-6-35-12(2)29)19(34-4)10-16(15)23-24-20-14(21)7-13(26(30)31)8-18(20)27(32)33;1-12(26)21-19-11-14(24(3)8-9-30-13(2)27)4-7-18(19)23-22-17-6-5-15(25(28)29)10-16(17)20;1-22(8-2-7-19)12-5-3-11(4-6-12)20-21-16-14(17)9-13(23(24)25)10-15(16)18/h7-10H,5-6H2,1-4H3,(H,22,28);4-7,10-11H,8-9H2,1-3H3,(H,21,26);3-6,9-10H,2,8H2,1H3. The molecule has 31 nitrogen and oxygen atoms in total. The van der Waals surface area contributed by atoms with E-state index in [0.29, 0.717) is 54.6 Å². The molecule has 90 heavy (non-hydrogen) atoms. The molecule has 6 aromatic carbocycles. The van der Waals surface area contributed by atoms with Crippen molar-refractivity contribution in [2.75, 3.05) is 86.4 Å². The van der Waals surface area contributed by atoms with E-state index in [0.717, 1.165) is 23.5 Å². The number of nitro benzene ring substituents is 4. The van der Waals surface area contributed by atoms with Crippen LogP contribution in [-0.2, 0) is 28.7 Å². The molecule has 0 atom stereocenters. The van der Waals surface area contributed by atoms with Crippen LogP contribution in [0.25, 0.3) is 0 Å². The van der Waals surface area contributed by atoms with Crippen molar-refractivity contribution >= 4 is 160 Å². The topological polar surface area (TPSA) is 400 Å². The molecule has 0 aliphatic heterocycles. The van der Waals surface area contributed by atoms with Crippen LogP contribution in [-0.4, -0.2) is 105 Å². The summed E-state index contributed by atoms with van der Waals surface area (Å²) in [5, 5.41) is 82.3. The molecule has 2 amide bonds. The molecule has 0 saturated carbocycles. The summed E-state index contributed by atoms with van der Waals surface area (Å²) in [6.07, 6.45) is 0.440. The van der Waals surface area contributed by atoms with Crippen LogP contribution in [0.5, 0.6) is 5.75 Å². The Morgan fingerprint density at radius 2 is 1.04 bits per heavy atom. The van der Waals surface area contributed by atoms with E-state index >= 15 is 0 Å². The summed E-state index contributed by atoms with van der Waals surface area (Å²) in [5.41, 5.74) is 2.60. The Hall–Kier alpha value is -10.4. The van der Waals surface area contributed by atoms with Gasteiger partial charge in [-0.05, 0) is 70.5 Å². The summed E-state index contributed by atoms with van der Waals surface area (Å²) < 4.78 is 15.3. The summed E-state index contributed by atoms with van der Waals surface area (Å²) in [7, 11) is 6.84. The number of hydrogen-bond donors (Lipinski definition) is 2. The van der Waals surface area contributed by atoms with Crippen molar-refractivity contribution < 1.29 is 53.1 Å². The predicted molar refractivity (Wildman–Crippen MR) is 339 cm³/mol. The van der Waals surface area contributed by atoms with Gasteiger partial charge in [0.05, 0.1) is 101 Å². The Labute approximate surface area is 535 Å². The summed E-state index contributed by atoms with van der Waals surface area (Å²) in [6.45, 7) is 7.03. The minimum atomic E-state index is -0.817. The molecule has 0 aliphatic carbocycles. The highest BCUT2D eigenvalue weighted by molar-refractivity contribution is 9.10. The smallest absolute Gasteiger partial charge is 0.304 e. The molecule has 0 fully saturated rings. The number of nitro groups is 4. The normalized spacial score (nSPS) is 10.7. The van der Waals surface area contributed by atoms with E-state index < -0.39 is 42.9 Å². The van der Waals surface area contributed by atoms with Gasteiger partial charge in [0.1, 0.15) is 41.7 Å². The van der Waals surface area contributed by atoms with Crippen molar-refractivity contribution in [1.82, 2.24) is 0 Å². The fourth-order valence-electron chi connectivity index (χ4n) is 7.23. The Morgan fingerprint density at radius 1 is 0.556 bits per heavy atom. The summed E-state index contributed by atoms with van der Waals surface area (Å²) in [6, 6.07) is 25.5. The Bertz CT molecular complexity index is 3790. The van der Waals surface area contributed by atoms with Gasteiger partial charge in [0, 0.05) is 103 Å². The molecule has 0 radical (unpaired) electrons. The SMILES string of the molecule is CC(=O)Nc1cc(N(C)CCOC(C)=O)ccc1N=Nc1ccc([N+](=O)[O-])cc1Cl.CN(CCC#N)c1ccc(N=Nc2c(Cl)cc([N+](=O)[O-])cc2Cl)cc1.COc1cc(N=Nc2c(Br)cc([N+](=O)[O-])cc2[N+](=O)[O-])c(NC(C)=O)cc1N(C)CCOC(C)=O. The van der Waals surface area contributed by atoms with E-state index in [9.17, 15) is 59.6 Å². The molecule has 0 bridgehead atoms. The molecular formula is C55H54BrCl3N16O15. The van der Waals surface area contributed by atoms with Crippen molar-refractivity contribution in [3.63, 3.8) is 0 Å². The Kier molecular flexibility index (Phi) is 27.9. The van der Waals surface area contributed by atoms with Gasteiger partial charge in [0.15, 0.2) is 5.69 Å². The lowest BCUT2D eigenvalue weighted by Crippen LogP contribution is -2.24. The zero-order valence-electron chi connectivity index (χ0n) is 48.9. The van der Waals surface area contributed by atoms with E-state index in [1.54, 1.807) is 48.3 Å². The van der Waals surface area contributed by atoms with E-state index in [2.05, 4.69) is 63.3 Å². The van der Waals surface area contributed by atoms with Gasteiger partial charge in [-0.25, -0.2) is 0 Å². The number of hydrogen-bond acceptors (Lipinski definition) is 25. The van der Waals surface area contributed by atoms with Gasteiger partial charge in [0.25, 0.3) is 17.1 Å². The minimum Gasteiger partial charge on any atom is -0.494 e. The van der Waals surface area contributed by atoms with Crippen LogP contribution in [0.1, 0.15) is 34.1 Å². The van der Waals surface area contributed by atoms with Crippen LogP contribution in [0.3, 0.4) is 0 Å².